The number of hydrogen-bond acceptors (Lipinski definition) is 5. The molecule has 3 aromatic carbocycles. The van der Waals surface area contributed by atoms with Crippen LogP contribution in [-0.2, 0) is 26.2 Å². The maximum Gasteiger partial charge on any atom is 0.264 e. The molecular weight excluding hydrogens is 490 g/mol. The number of para-hydroxylation sites is 1. The molecular formula is C28H33N3O5S. The van der Waals surface area contributed by atoms with Gasteiger partial charge in [-0.05, 0) is 68.3 Å². The lowest BCUT2D eigenvalue weighted by Crippen LogP contribution is -2.51. The highest BCUT2D eigenvalue weighted by Gasteiger charge is 2.32. The Morgan fingerprint density at radius 1 is 0.946 bits per heavy atom. The van der Waals surface area contributed by atoms with E-state index in [2.05, 4.69) is 5.32 Å². The average molecular weight is 524 g/mol. The number of likely N-dealkylation sites (N-methyl/N-ethyl adjacent to an activating group) is 1. The monoisotopic (exact) mass is 523 g/mol. The third-order valence-electron chi connectivity index (χ3n) is 6.09. The van der Waals surface area contributed by atoms with Crippen LogP contribution < -0.4 is 14.4 Å². The fraction of sp³-hybridized carbons (Fsp3) is 0.286. The van der Waals surface area contributed by atoms with Gasteiger partial charge in [-0.2, -0.15) is 0 Å². The van der Waals surface area contributed by atoms with Crippen LogP contribution in [0.5, 0.6) is 5.75 Å². The predicted octanol–water partition coefficient (Wildman–Crippen LogP) is 3.75. The smallest absolute Gasteiger partial charge is 0.264 e. The molecule has 0 aliphatic rings. The number of rotatable bonds is 11. The molecule has 8 nitrogen and oxygen atoms in total. The molecule has 0 bridgehead atoms. The first-order chi connectivity index (χ1) is 17.7. The van der Waals surface area contributed by atoms with Gasteiger partial charge in [0.25, 0.3) is 10.0 Å². The molecule has 0 aliphatic carbocycles. The molecule has 0 heterocycles. The van der Waals surface area contributed by atoms with Crippen molar-refractivity contribution in [2.24, 2.45) is 0 Å². The fourth-order valence-corrected chi connectivity index (χ4v) is 5.29. The fourth-order valence-electron chi connectivity index (χ4n) is 3.87. The predicted molar refractivity (Wildman–Crippen MR) is 144 cm³/mol. The molecule has 37 heavy (non-hydrogen) atoms. The second-order valence-electron chi connectivity index (χ2n) is 8.54. The van der Waals surface area contributed by atoms with Crippen molar-refractivity contribution in [2.45, 2.75) is 38.3 Å². The van der Waals surface area contributed by atoms with E-state index in [1.54, 1.807) is 56.3 Å². The minimum atomic E-state index is -4.12. The van der Waals surface area contributed by atoms with E-state index in [0.29, 0.717) is 18.0 Å². The van der Waals surface area contributed by atoms with E-state index in [-0.39, 0.29) is 17.3 Å². The molecule has 0 radical (unpaired) electrons. The molecule has 1 atom stereocenters. The van der Waals surface area contributed by atoms with Gasteiger partial charge in [-0.1, -0.05) is 42.5 Å². The van der Waals surface area contributed by atoms with E-state index >= 15 is 0 Å². The molecule has 3 aromatic rings. The number of methoxy groups -OCH3 is 1. The van der Waals surface area contributed by atoms with Gasteiger partial charge in [-0.15, -0.1) is 0 Å². The summed E-state index contributed by atoms with van der Waals surface area (Å²) in [6.45, 7) is 5.47. The van der Waals surface area contributed by atoms with Crippen LogP contribution in [0.15, 0.2) is 83.8 Å². The van der Waals surface area contributed by atoms with Crippen molar-refractivity contribution in [3.05, 3.63) is 90.0 Å². The minimum Gasteiger partial charge on any atom is -0.497 e. The highest BCUT2D eigenvalue weighted by molar-refractivity contribution is 7.92. The lowest BCUT2D eigenvalue weighted by molar-refractivity contribution is -0.139. The van der Waals surface area contributed by atoms with Crippen LogP contribution >= 0.6 is 0 Å². The van der Waals surface area contributed by atoms with Gasteiger partial charge < -0.3 is 15.0 Å². The summed E-state index contributed by atoms with van der Waals surface area (Å²) in [5, 5.41) is 2.76. The Kier molecular flexibility index (Phi) is 9.30. The molecule has 0 saturated heterocycles. The van der Waals surface area contributed by atoms with Crippen molar-refractivity contribution in [1.82, 2.24) is 10.2 Å². The summed E-state index contributed by atoms with van der Waals surface area (Å²) < 4.78 is 33.7. The van der Waals surface area contributed by atoms with E-state index in [0.717, 1.165) is 15.4 Å². The molecule has 0 aromatic heterocycles. The van der Waals surface area contributed by atoms with Gasteiger partial charge in [0.1, 0.15) is 18.3 Å². The molecule has 1 N–H and O–H groups in total. The Hall–Kier alpha value is -3.85. The number of hydrogen-bond donors (Lipinski definition) is 1. The van der Waals surface area contributed by atoms with E-state index in [9.17, 15) is 18.0 Å². The van der Waals surface area contributed by atoms with Gasteiger partial charge in [-0.3, -0.25) is 13.9 Å². The standard InChI is InChI=1S/C28H33N3O5S/c1-5-29-28(33)22(3)30(19-23-12-10-9-11-21(23)2)27(32)20-31(24-13-7-6-8-14-24)37(34,35)26-17-15-25(36-4)16-18-26/h6-18,22H,5,19-20H2,1-4H3,(H,29,33)/t22-/m0/s1. The van der Waals surface area contributed by atoms with E-state index in [1.807, 2.05) is 31.2 Å². The van der Waals surface area contributed by atoms with Crippen molar-refractivity contribution in [3.8, 4) is 5.75 Å². The largest absolute Gasteiger partial charge is 0.497 e. The van der Waals surface area contributed by atoms with Crippen molar-refractivity contribution in [3.63, 3.8) is 0 Å². The van der Waals surface area contributed by atoms with Gasteiger partial charge in [0, 0.05) is 13.1 Å². The van der Waals surface area contributed by atoms with Crippen LogP contribution in [0.1, 0.15) is 25.0 Å². The van der Waals surface area contributed by atoms with Crippen LogP contribution in [0.25, 0.3) is 0 Å². The van der Waals surface area contributed by atoms with Gasteiger partial charge >= 0.3 is 0 Å². The zero-order chi connectivity index (χ0) is 27.0. The number of amides is 2. The third kappa shape index (κ3) is 6.68. The second kappa shape index (κ2) is 12.4. The van der Waals surface area contributed by atoms with Crippen LogP contribution in [0.4, 0.5) is 5.69 Å². The van der Waals surface area contributed by atoms with Crippen LogP contribution in [0.3, 0.4) is 0 Å². The summed E-state index contributed by atoms with van der Waals surface area (Å²) >= 11 is 0. The zero-order valence-corrected chi connectivity index (χ0v) is 22.4. The molecule has 0 aliphatic heterocycles. The van der Waals surface area contributed by atoms with E-state index < -0.39 is 28.5 Å². The number of carbonyl (C=O) groups is 2. The second-order valence-corrected chi connectivity index (χ2v) is 10.4. The number of nitrogens with one attached hydrogen (secondary N) is 1. The number of aryl methyl sites for hydroxylation is 1. The number of ether oxygens (including phenoxy) is 1. The van der Waals surface area contributed by atoms with Crippen LogP contribution in [0.2, 0.25) is 0 Å². The number of carbonyl (C=O) groups excluding carboxylic acids is 2. The zero-order valence-electron chi connectivity index (χ0n) is 21.5. The molecule has 0 unspecified atom stereocenters. The molecule has 2 amide bonds. The van der Waals surface area contributed by atoms with Gasteiger partial charge in [-0.25, -0.2) is 8.42 Å². The summed E-state index contributed by atoms with van der Waals surface area (Å²) in [6, 6.07) is 21.2. The third-order valence-corrected chi connectivity index (χ3v) is 7.88. The number of nitrogens with zero attached hydrogens (tertiary/aromatic N) is 2. The summed E-state index contributed by atoms with van der Waals surface area (Å²) in [5.74, 6) is -0.293. The summed E-state index contributed by atoms with van der Waals surface area (Å²) in [6.07, 6.45) is 0. The maximum atomic E-state index is 13.8. The first-order valence-corrected chi connectivity index (χ1v) is 13.5. The van der Waals surface area contributed by atoms with Crippen molar-refractivity contribution in [1.29, 1.82) is 0 Å². The Labute approximate surface area is 218 Å². The quantitative estimate of drug-likeness (QED) is 0.413. The Balaban J connectivity index is 2.01. The summed E-state index contributed by atoms with van der Waals surface area (Å²) in [4.78, 5) is 28.0. The Morgan fingerprint density at radius 3 is 2.16 bits per heavy atom. The molecule has 0 saturated carbocycles. The van der Waals surface area contributed by atoms with Crippen LogP contribution in [-0.4, -0.2) is 51.4 Å². The summed E-state index contributed by atoms with van der Waals surface area (Å²) in [5.41, 5.74) is 2.18. The average Bonchev–Trinajstić information content (AvgIpc) is 2.91. The topological polar surface area (TPSA) is 96.0 Å². The Morgan fingerprint density at radius 2 is 1.57 bits per heavy atom. The minimum absolute atomic E-state index is 0.0205. The van der Waals surface area contributed by atoms with Gasteiger partial charge in [0.15, 0.2) is 0 Å². The summed E-state index contributed by atoms with van der Waals surface area (Å²) in [7, 11) is -2.62. The van der Waals surface area contributed by atoms with E-state index in [1.165, 1.54) is 24.1 Å². The normalized spacial score (nSPS) is 11.9. The molecule has 9 heteroatoms. The van der Waals surface area contributed by atoms with Gasteiger partial charge in [0.05, 0.1) is 17.7 Å². The molecule has 3 rings (SSSR count). The van der Waals surface area contributed by atoms with Gasteiger partial charge in [0.2, 0.25) is 11.8 Å². The van der Waals surface area contributed by atoms with E-state index in [4.69, 9.17) is 4.74 Å². The molecule has 196 valence electrons. The lowest BCUT2D eigenvalue weighted by atomic mass is 10.1. The SMILES string of the molecule is CCNC(=O)[C@H](C)N(Cc1ccccc1C)C(=O)CN(c1ccccc1)S(=O)(=O)c1ccc(OC)cc1. The number of anilines is 1. The lowest BCUT2D eigenvalue weighted by Gasteiger charge is -2.32. The van der Waals surface area contributed by atoms with Crippen molar-refractivity contribution < 1.29 is 22.7 Å². The van der Waals surface area contributed by atoms with Crippen LogP contribution in [0, 0.1) is 6.92 Å². The highest BCUT2D eigenvalue weighted by atomic mass is 32.2. The molecule has 0 fully saturated rings. The van der Waals surface area contributed by atoms with Crippen molar-refractivity contribution >= 4 is 27.5 Å². The highest BCUT2D eigenvalue weighted by Crippen LogP contribution is 2.26. The first kappa shape index (κ1) is 27.7. The maximum absolute atomic E-state index is 13.8. The molecule has 0 spiro atoms. The Bertz CT molecular complexity index is 1310. The first-order valence-electron chi connectivity index (χ1n) is 12.0. The van der Waals surface area contributed by atoms with Crippen molar-refractivity contribution in [2.75, 3.05) is 24.5 Å². The number of benzene rings is 3. The number of sulfonamides is 1.